The number of hydrogen-bond acceptors (Lipinski definition) is 5. The zero-order valence-electron chi connectivity index (χ0n) is 19.7. The number of para-hydroxylation sites is 1. The summed E-state index contributed by atoms with van der Waals surface area (Å²) in [5.41, 5.74) is 1.44. The first kappa shape index (κ1) is 24.6. The van der Waals surface area contributed by atoms with E-state index in [2.05, 4.69) is 19.2 Å². The highest BCUT2D eigenvalue weighted by Crippen LogP contribution is 2.29. The van der Waals surface area contributed by atoms with Gasteiger partial charge in [-0.2, -0.15) is 0 Å². The van der Waals surface area contributed by atoms with Crippen molar-refractivity contribution in [1.82, 2.24) is 4.90 Å². The molecule has 0 spiro atoms. The van der Waals surface area contributed by atoms with Crippen molar-refractivity contribution in [3.63, 3.8) is 0 Å². The molecule has 0 radical (unpaired) electrons. The van der Waals surface area contributed by atoms with Crippen molar-refractivity contribution in [2.24, 2.45) is 5.92 Å². The van der Waals surface area contributed by atoms with Gasteiger partial charge in [0.1, 0.15) is 12.3 Å². The van der Waals surface area contributed by atoms with Crippen LogP contribution in [0.15, 0.2) is 77.4 Å². The molecule has 7 heteroatoms. The Kier molecular flexibility index (Phi) is 8.91. The van der Waals surface area contributed by atoms with Crippen LogP contribution >= 0.6 is 0 Å². The summed E-state index contributed by atoms with van der Waals surface area (Å²) in [7, 11) is 1.58. The number of rotatable bonds is 11. The largest absolute Gasteiger partial charge is 0.493 e. The molecule has 0 atom stereocenters. The number of benzene rings is 2. The molecule has 34 heavy (non-hydrogen) atoms. The van der Waals surface area contributed by atoms with Crippen molar-refractivity contribution in [1.29, 1.82) is 0 Å². The number of carbonyl (C=O) groups excluding carboxylic acids is 2. The molecule has 7 nitrogen and oxygen atoms in total. The highest BCUT2D eigenvalue weighted by Gasteiger charge is 2.17. The fourth-order valence-corrected chi connectivity index (χ4v) is 3.13. The predicted octanol–water partition coefficient (Wildman–Crippen LogP) is 5.00. The highest BCUT2D eigenvalue weighted by molar-refractivity contribution is 5.98. The maximum absolute atomic E-state index is 13.0. The SMILES string of the molecule is COc1cc(/C=C/C(=O)N(CC(=O)Nc2ccccc2)Cc2ccco2)ccc1OCC(C)C. The van der Waals surface area contributed by atoms with Crippen LogP contribution in [0, 0.1) is 5.92 Å². The fraction of sp³-hybridized carbons (Fsp3) is 0.259. The van der Waals surface area contributed by atoms with Gasteiger partial charge in [-0.15, -0.1) is 0 Å². The summed E-state index contributed by atoms with van der Waals surface area (Å²) in [6, 6.07) is 18.1. The molecule has 0 fully saturated rings. The Hall–Kier alpha value is -4.00. The molecular weight excluding hydrogens is 432 g/mol. The molecule has 2 amide bonds. The maximum Gasteiger partial charge on any atom is 0.247 e. The topological polar surface area (TPSA) is 81.0 Å². The molecule has 3 aromatic rings. The second-order valence-corrected chi connectivity index (χ2v) is 8.14. The van der Waals surface area contributed by atoms with Crippen LogP contribution in [0.5, 0.6) is 11.5 Å². The van der Waals surface area contributed by atoms with Crippen molar-refractivity contribution in [2.75, 3.05) is 25.6 Å². The molecule has 178 valence electrons. The minimum absolute atomic E-state index is 0.121. The van der Waals surface area contributed by atoms with Gasteiger partial charge in [0.15, 0.2) is 11.5 Å². The molecule has 0 aliphatic carbocycles. The molecule has 0 bridgehead atoms. The van der Waals surface area contributed by atoms with Gasteiger partial charge < -0.3 is 24.1 Å². The minimum atomic E-state index is -0.321. The fourth-order valence-electron chi connectivity index (χ4n) is 3.13. The van der Waals surface area contributed by atoms with Crippen molar-refractivity contribution >= 4 is 23.6 Å². The molecular formula is C27H30N2O5. The van der Waals surface area contributed by atoms with E-state index in [1.165, 1.54) is 17.2 Å². The van der Waals surface area contributed by atoms with E-state index >= 15 is 0 Å². The molecule has 0 saturated carbocycles. The van der Waals surface area contributed by atoms with E-state index in [4.69, 9.17) is 13.9 Å². The van der Waals surface area contributed by atoms with Crippen molar-refractivity contribution in [2.45, 2.75) is 20.4 Å². The van der Waals surface area contributed by atoms with E-state index in [1.807, 2.05) is 30.3 Å². The monoisotopic (exact) mass is 462 g/mol. The number of nitrogens with zero attached hydrogens (tertiary/aromatic N) is 1. The molecule has 0 aliphatic heterocycles. The van der Waals surface area contributed by atoms with Crippen LogP contribution in [0.25, 0.3) is 6.08 Å². The van der Waals surface area contributed by atoms with Gasteiger partial charge in [0.25, 0.3) is 0 Å². The number of anilines is 1. The first-order chi connectivity index (χ1) is 16.4. The van der Waals surface area contributed by atoms with E-state index in [-0.39, 0.29) is 24.9 Å². The lowest BCUT2D eigenvalue weighted by Crippen LogP contribution is -2.36. The lowest BCUT2D eigenvalue weighted by Gasteiger charge is -2.19. The molecule has 0 unspecified atom stereocenters. The normalized spacial score (nSPS) is 10.9. The summed E-state index contributed by atoms with van der Waals surface area (Å²) < 4.78 is 16.6. The van der Waals surface area contributed by atoms with Gasteiger partial charge in [-0.05, 0) is 54.0 Å². The number of ether oxygens (including phenoxy) is 2. The van der Waals surface area contributed by atoms with Gasteiger partial charge in [0.2, 0.25) is 11.8 Å². The summed E-state index contributed by atoms with van der Waals surface area (Å²) in [5, 5.41) is 2.80. The second kappa shape index (κ2) is 12.3. The van der Waals surface area contributed by atoms with Gasteiger partial charge in [0.05, 0.1) is 26.5 Å². The van der Waals surface area contributed by atoms with Crippen LogP contribution in [0.3, 0.4) is 0 Å². The molecule has 0 saturated heterocycles. The molecule has 3 rings (SSSR count). The van der Waals surface area contributed by atoms with Gasteiger partial charge in [-0.25, -0.2) is 0 Å². The Labute approximate surface area is 200 Å². The van der Waals surface area contributed by atoms with Gasteiger partial charge in [0, 0.05) is 11.8 Å². The van der Waals surface area contributed by atoms with Crippen LogP contribution in [0.1, 0.15) is 25.2 Å². The molecule has 2 aromatic carbocycles. The minimum Gasteiger partial charge on any atom is -0.493 e. The lowest BCUT2D eigenvalue weighted by molar-refractivity contribution is -0.131. The standard InChI is InChI=1S/C27H30N2O5/c1-20(2)19-34-24-13-11-21(16-25(24)32-3)12-14-27(31)29(17-23-10-7-15-33-23)18-26(30)28-22-8-5-4-6-9-22/h4-16,20H,17-19H2,1-3H3,(H,28,30)/b14-12+. The van der Waals surface area contributed by atoms with Crippen molar-refractivity contribution in [3.05, 3.63) is 84.3 Å². The zero-order chi connectivity index (χ0) is 24.3. The van der Waals surface area contributed by atoms with Crippen molar-refractivity contribution in [3.8, 4) is 11.5 Å². The lowest BCUT2D eigenvalue weighted by atomic mass is 10.1. The summed E-state index contributed by atoms with van der Waals surface area (Å²) in [6.45, 7) is 4.78. The zero-order valence-corrected chi connectivity index (χ0v) is 19.7. The van der Waals surface area contributed by atoms with Gasteiger partial charge in [-0.1, -0.05) is 38.1 Å². The summed E-state index contributed by atoms with van der Waals surface area (Å²) >= 11 is 0. The Morgan fingerprint density at radius 2 is 1.85 bits per heavy atom. The summed E-state index contributed by atoms with van der Waals surface area (Å²) in [4.78, 5) is 27.0. The summed E-state index contributed by atoms with van der Waals surface area (Å²) in [5.74, 6) is 1.59. The number of nitrogens with one attached hydrogen (secondary N) is 1. The number of methoxy groups -OCH3 is 1. The number of hydrogen-bond donors (Lipinski definition) is 1. The van der Waals surface area contributed by atoms with E-state index in [1.54, 1.807) is 43.5 Å². The highest BCUT2D eigenvalue weighted by atomic mass is 16.5. The molecule has 1 aromatic heterocycles. The maximum atomic E-state index is 13.0. The first-order valence-electron chi connectivity index (χ1n) is 11.1. The third-order valence-corrected chi connectivity index (χ3v) is 4.81. The van der Waals surface area contributed by atoms with Gasteiger partial charge >= 0.3 is 0 Å². The second-order valence-electron chi connectivity index (χ2n) is 8.14. The number of furan rings is 1. The van der Waals surface area contributed by atoms with Crippen LogP contribution in [-0.2, 0) is 16.1 Å². The van der Waals surface area contributed by atoms with Gasteiger partial charge in [-0.3, -0.25) is 9.59 Å². The quantitative estimate of drug-likeness (QED) is 0.406. The van der Waals surface area contributed by atoms with Crippen LogP contribution in [0.4, 0.5) is 5.69 Å². The average molecular weight is 463 g/mol. The van der Waals surface area contributed by atoms with E-state index in [0.29, 0.717) is 35.5 Å². The Bertz CT molecular complexity index is 1090. The Morgan fingerprint density at radius 1 is 1.06 bits per heavy atom. The smallest absolute Gasteiger partial charge is 0.247 e. The third-order valence-electron chi connectivity index (χ3n) is 4.81. The first-order valence-corrected chi connectivity index (χ1v) is 11.1. The van der Waals surface area contributed by atoms with E-state index in [0.717, 1.165) is 5.56 Å². The summed E-state index contributed by atoms with van der Waals surface area (Å²) in [6.07, 6.45) is 4.65. The van der Waals surface area contributed by atoms with Crippen LogP contribution in [0.2, 0.25) is 0 Å². The Balaban J connectivity index is 1.70. The van der Waals surface area contributed by atoms with Crippen molar-refractivity contribution < 1.29 is 23.5 Å². The predicted molar refractivity (Wildman–Crippen MR) is 132 cm³/mol. The van der Waals surface area contributed by atoms with Crippen LogP contribution < -0.4 is 14.8 Å². The molecule has 0 aliphatic rings. The average Bonchev–Trinajstić information content (AvgIpc) is 3.34. The number of amides is 2. The number of carbonyl (C=O) groups is 2. The van der Waals surface area contributed by atoms with Crippen LogP contribution in [-0.4, -0.2) is 37.0 Å². The Morgan fingerprint density at radius 3 is 2.53 bits per heavy atom. The molecule has 1 heterocycles. The van der Waals surface area contributed by atoms with E-state index in [9.17, 15) is 9.59 Å². The van der Waals surface area contributed by atoms with E-state index < -0.39 is 0 Å². The third kappa shape index (κ3) is 7.55. The molecule has 1 N–H and O–H groups in total.